The molecule has 2 aromatic heterocycles. The highest BCUT2D eigenvalue weighted by molar-refractivity contribution is 7.22. The fourth-order valence-electron chi connectivity index (χ4n) is 3.02. The van der Waals surface area contributed by atoms with Crippen LogP contribution in [0.2, 0.25) is 0 Å². The van der Waals surface area contributed by atoms with Gasteiger partial charge in [-0.25, -0.2) is 9.37 Å². The van der Waals surface area contributed by atoms with E-state index in [1.807, 2.05) is 19.9 Å². The number of nitrogens with zero attached hydrogens (tertiary/aromatic N) is 3. The Labute approximate surface area is 168 Å². The van der Waals surface area contributed by atoms with Crippen LogP contribution < -0.4 is 15.5 Å². The number of carbonyl (C=O) groups is 1. The lowest BCUT2D eigenvalue weighted by Crippen LogP contribution is -2.27. The van der Waals surface area contributed by atoms with Crippen molar-refractivity contribution in [2.45, 2.75) is 20.4 Å². The van der Waals surface area contributed by atoms with Gasteiger partial charge in [-0.2, -0.15) is 5.10 Å². The van der Waals surface area contributed by atoms with Crippen LogP contribution in [0.4, 0.5) is 9.52 Å². The lowest BCUT2D eigenvalue weighted by atomic mass is 10.2. The number of ether oxygens (including phenoxy) is 1. The number of amides is 1. The predicted molar refractivity (Wildman–Crippen MR) is 110 cm³/mol. The van der Waals surface area contributed by atoms with E-state index in [1.54, 1.807) is 12.1 Å². The Kier molecular flexibility index (Phi) is 4.98. The van der Waals surface area contributed by atoms with Gasteiger partial charge in [0.2, 0.25) is 5.43 Å². The lowest BCUT2D eigenvalue weighted by molar-refractivity contribution is 0.101. The molecule has 0 spiro atoms. The van der Waals surface area contributed by atoms with Gasteiger partial charge >= 0.3 is 0 Å². The zero-order chi connectivity index (χ0) is 20.5. The maximum Gasteiger partial charge on any atom is 0.281 e. The van der Waals surface area contributed by atoms with E-state index in [0.717, 1.165) is 10.8 Å². The van der Waals surface area contributed by atoms with Crippen molar-refractivity contribution < 1.29 is 13.9 Å². The fourth-order valence-corrected chi connectivity index (χ4v) is 3.91. The van der Waals surface area contributed by atoms with Gasteiger partial charge in [-0.05, 0) is 50.2 Å². The normalized spacial score (nSPS) is 11.1. The molecule has 4 rings (SSSR count). The standard InChI is InChI=1S/C20H17FN4O3S/c1-3-25-15-8-5-11(21)9-13(15)18(26)17(24-25)19(27)23-20-22-14-7-6-12(28-4-2)10-16(14)29-20/h5-10H,3-4H2,1-2H3,(H,22,23,27). The third-order valence-electron chi connectivity index (χ3n) is 4.32. The molecule has 0 aliphatic carbocycles. The Morgan fingerprint density at radius 1 is 1.24 bits per heavy atom. The molecule has 0 unspecified atom stereocenters. The molecule has 2 aromatic carbocycles. The van der Waals surface area contributed by atoms with Gasteiger partial charge in [0.1, 0.15) is 11.6 Å². The first-order valence-electron chi connectivity index (χ1n) is 9.05. The van der Waals surface area contributed by atoms with Gasteiger partial charge in [0, 0.05) is 6.54 Å². The molecule has 0 saturated heterocycles. The molecule has 0 bridgehead atoms. The predicted octanol–water partition coefficient (Wildman–Crippen LogP) is 3.82. The number of hydrogen-bond donors (Lipinski definition) is 1. The number of thiazole rings is 1. The summed E-state index contributed by atoms with van der Waals surface area (Å²) >= 11 is 1.26. The molecule has 0 atom stereocenters. The highest BCUT2D eigenvalue weighted by atomic mass is 32.1. The Hall–Kier alpha value is -3.33. The van der Waals surface area contributed by atoms with Crippen LogP contribution >= 0.6 is 11.3 Å². The van der Waals surface area contributed by atoms with Crippen LogP contribution in [0.15, 0.2) is 41.2 Å². The molecule has 4 aromatic rings. The number of carbonyl (C=O) groups excluding carboxylic acids is 1. The summed E-state index contributed by atoms with van der Waals surface area (Å²) in [4.78, 5) is 29.8. The molecule has 0 aliphatic rings. The Morgan fingerprint density at radius 2 is 2.07 bits per heavy atom. The molecule has 1 amide bonds. The summed E-state index contributed by atoms with van der Waals surface area (Å²) in [5.74, 6) is -0.524. The van der Waals surface area contributed by atoms with Crippen LogP contribution in [0, 0.1) is 5.82 Å². The zero-order valence-corrected chi connectivity index (χ0v) is 16.5. The fraction of sp³-hybridized carbons (Fsp3) is 0.200. The van der Waals surface area contributed by atoms with Crippen molar-refractivity contribution in [2.75, 3.05) is 11.9 Å². The largest absolute Gasteiger partial charge is 0.494 e. The molecule has 2 heterocycles. The van der Waals surface area contributed by atoms with Gasteiger partial charge in [-0.1, -0.05) is 11.3 Å². The molecule has 0 radical (unpaired) electrons. The summed E-state index contributed by atoms with van der Waals surface area (Å²) in [6.07, 6.45) is 0. The molecule has 1 N–H and O–H groups in total. The number of rotatable bonds is 5. The molecule has 9 heteroatoms. The van der Waals surface area contributed by atoms with Gasteiger partial charge in [0.05, 0.1) is 27.7 Å². The monoisotopic (exact) mass is 412 g/mol. The second-order valence-corrected chi connectivity index (χ2v) is 7.22. The van der Waals surface area contributed by atoms with Crippen LogP contribution in [-0.2, 0) is 6.54 Å². The Morgan fingerprint density at radius 3 is 2.83 bits per heavy atom. The molecule has 0 aliphatic heterocycles. The number of anilines is 1. The summed E-state index contributed by atoms with van der Waals surface area (Å²) in [6.45, 7) is 4.69. The highest BCUT2D eigenvalue weighted by Crippen LogP contribution is 2.29. The van der Waals surface area contributed by atoms with Gasteiger partial charge in [-0.15, -0.1) is 0 Å². The van der Waals surface area contributed by atoms with E-state index in [9.17, 15) is 14.0 Å². The second-order valence-electron chi connectivity index (χ2n) is 6.19. The SMILES string of the molecule is CCOc1ccc2nc(NC(=O)c3nn(CC)c4ccc(F)cc4c3=O)sc2c1. The number of nitrogens with one attached hydrogen (secondary N) is 1. The van der Waals surface area contributed by atoms with Gasteiger partial charge in [-0.3, -0.25) is 19.6 Å². The molecule has 0 saturated carbocycles. The van der Waals surface area contributed by atoms with Crippen molar-refractivity contribution in [1.82, 2.24) is 14.8 Å². The summed E-state index contributed by atoms with van der Waals surface area (Å²) in [7, 11) is 0. The summed E-state index contributed by atoms with van der Waals surface area (Å²) in [6, 6.07) is 9.30. The van der Waals surface area contributed by atoms with E-state index in [1.165, 1.54) is 28.2 Å². The molecule has 7 nitrogen and oxygen atoms in total. The second kappa shape index (κ2) is 7.59. The zero-order valence-electron chi connectivity index (χ0n) is 15.7. The highest BCUT2D eigenvalue weighted by Gasteiger charge is 2.19. The summed E-state index contributed by atoms with van der Waals surface area (Å²) < 4.78 is 21.5. The summed E-state index contributed by atoms with van der Waals surface area (Å²) in [5, 5.41) is 7.24. The van der Waals surface area contributed by atoms with Crippen LogP contribution in [0.25, 0.3) is 21.1 Å². The van der Waals surface area contributed by atoms with Gasteiger partial charge in [0.15, 0.2) is 10.8 Å². The summed E-state index contributed by atoms with van der Waals surface area (Å²) in [5.41, 5.74) is 0.243. The van der Waals surface area contributed by atoms with Crippen molar-refractivity contribution in [1.29, 1.82) is 0 Å². The maximum atomic E-state index is 13.6. The van der Waals surface area contributed by atoms with Crippen LogP contribution in [0.1, 0.15) is 24.3 Å². The third kappa shape index (κ3) is 3.56. The van der Waals surface area contributed by atoms with Crippen LogP contribution in [0.5, 0.6) is 5.75 Å². The quantitative estimate of drug-likeness (QED) is 0.539. The average molecular weight is 412 g/mol. The van der Waals surface area contributed by atoms with Crippen LogP contribution in [-0.4, -0.2) is 27.3 Å². The lowest BCUT2D eigenvalue weighted by Gasteiger charge is -2.09. The van der Waals surface area contributed by atoms with E-state index < -0.39 is 17.2 Å². The van der Waals surface area contributed by atoms with Crippen molar-refractivity contribution in [2.24, 2.45) is 0 Å². The minimum absolute atomic E-state index is 0.109. The first-order chi connectivity index (χ1) is 14.0. The maximum absolute atomic E-state index is 13.6. The molecule has 29 heavy (non-hydrogen) atoms. The van der Waals surface area contributed by atoms with Crippen molar-refractivity contribution >= 4 is 43.5 Å². The number of aromatic nitrogens is 3. The van der Waals surface area contributed by atoms with Gasteiger partial charge < -0.3 is 4.74 Å². The van der Waals surface area contributed by atoms with E-state index >= 15 is 0 Å². The van der Waals surface area contributed by atoms with Gasteiger partial charge in [0.25, 0.3) is 5.91 Å². The van der Waals surface area contributed by atoms with E-state index in [-0.39, 0.29) is 11.1 Å². The van der Waals surface area contributed by atoms with E-state index in [4.69, 9.17) is 4.74 Å². The minimum atomic E-state index is -0.688. The molecule has 0 fully saturated rings. The molecular weight excluding hydrogens is 395 g/mol. The number of halogens is 1. The van der Waals surface area contributed by atoms with Crippen LogP contribution in [0.3, 0.4) is 0 Å². The number of hydrogen-bond acceptors (Lipinski definition) is 6. The van der Waals surface area contributed by atoms with Crippen molar-refractivity contribution in [3.63, 3.8) is 0 Å². The van der Waals surface area contributed by atoms with Crippen molar-refractivity contribution in [3.05, 3.63) is 58.1 Å². The molecule has 148 valence electrons. The first-order valence-corrected chi connectivity index (χ1v) is 9.87. The third-order valence-corrected chi connectivity index (χ3v) is 5.26. The number of aryl methyl sites for hydroxylation is 1. The van der Waals surface area contributed by atoms with Crippen molar-refractivity contribution in [3.8, 4) is 5.75 Å². The first kappa shape index (κ1) is 19.0. The Bertz CT molecular complexity index is 1300. The average Bonchev–Trinajstić information content (AvgIpc) is 3.10. The topological polar surface area (TPSA) is 86.1 Å². The Balaban J connectivity index is 1.71. The number of benzene rings is 2. The van der Waals surface area contributed by atoms with E-state index in [2.05, 4.69) is 15.4 Å². The number of fused-ring (bicyclic) bond motifs is 2. The van der Waals surface area contributed by atoms with E-state index in [0.29, 0.717) is 35.1 Å². The molecular formula is C20H17FN4O3S. The smallest absolute Gasteiger partial charge is 0.281 e. The minimum Gasteiger partial charge on any atom is -0.494 e.